The number of aliphatic carboxylic acids is 1. The van der Waals surface area contributed by atoms with Gasteiger partial charge in [0.15, 0.2) is 0 Å². The van der Waals surface area contributed by atoms with Crippen LogP contribution in [0.1, 0.15) is 86.0 Å². The maximum Gasteiger partial charge on any atom is 0.310 e. The van der Waals surface area contributed by atoms with Crippen molar-refractivity contribution in [3.63, 3.8) is 0 Å². The summed E-state index contributed by atoms with van der Waals surface area (Å²) in [5, 5.41) is 9.08. The Kier molecular flexibility index (Phi) is 4.90. The number of allylic oxidation sites excluding steroid dienone is 2. The number of hydrogen-bond donors (Lipinski definition) is 1. The van der Waals surface area contributed by atoms with Gasteiger partial charge in [0, 0.05) is 5.92 Å². The molecular formula is C23H36O3. The van der Waals surface area contributed by atoms with Crippen LogP contribution in [0.25, 0.3) is 0 Å². The summed E-state index contributed by atoms with van der Waals surface area (Å²) in [7, 11) is 0. The van der Waals surface area contributed by atoms with E-state index in [0.29, 0.717) is 17.3 Å². The summed E-state index contributed by atoms with van der Waals surface area (Å²) in [4.78, 5) is 23.7. The van der Waals surface area contributed by atoms with Crippen molar-refractivity contribution < 1.29 is 14.7 Å². The van der Waals surface area contributed by atoms with Crippen molar-refractivity contribution in [3.05, 3.63) is 11.6 Å². The molecule has 0 aromatic rings. The summed E-state index contributed by atoms with van der Waals surface area (Å²) >= 11 is 0. The molecule has 2 saturated carbocycles. The van der Waals surface area contributed by atoms with Crippen molar-refractivity contribution in [3.8, 4) is 0 Å². The fraction of sp³-hybridized carbons (Fsp3) is 0.826. The Morgan fingerprint density at radius 2 is 1.88 bits per heavy atom. The molecule has 146 valence electrons. The van der Waals surface area contributed by atoms with Gasteiger partial charge < -0.3 is 5.11 Å². The minimum atomic E-state index is -0.985. The summed E-state index contributed by atoms with van der Waals surface area (Å²) in [6, 6.07) is 0. The van der Waals surface area contributed by atoms with Gasteiger partial charge in [-0.15, -0.1) is 0 Å². The molecule has 5 atom stereocenters. The molecule has 26 heavy (non-hydrogen) atoms. The predicted molar refractivity (Wildman–Crippen MR) is 104 cm³/mol. The van der Waals surface area contributed by atoms with Crippen LogP contribution in [0.2, 0.25) is 0 Å². The molecule has 0 saturated heterocycles. The Hall–Kier alpha value is -1.12. The van der Waals surface area contributed by atoms with Gasteiger partial charge in [-0.2, -0.15) is 0 Å². The first kappa shape index (κ1) is 19.6. The van der Waals surface area contributed by atoms with E-state index in [1.165, 1.54) is 25.7 Å². The molecule has 0 radical (unpaired) electrons. The summed E-state index contributed by atoms with van der Waals surface area (Å²) in [5.74, 6) is 0.0154. The van der Waals surface area contributed by atoms with E-state index in [4.69, 9.17) is 5.11 Å². The van der Waals surface area contributed by atoms with E-state index in [9.17, 15) is 9.59 Å². The molecule has 3 aliphatic carbocycles. The standard InChI is InChI=1S/C23H36O3/c1-6-22(4)10-9-17-15(13-22)7-8-19-21(2,3)12-16(14-23(17,19)5)18(24)11-20(25)26/h7,16-17,19H,6,8-14H2,1-5H3,(H,25,26)/t16-,17+,19+,22+,23+/m1/s1. The molecule has 2 fully saturated rings. The molecule has 3 rings (SSSR count). The lowest BCUT2D eigenvalue weighted by Gasteiger charge is -2.60. The van der Waals surface area contributed by atoms with E-state index in [1.807, 2.05) is 0 Å². The Bertz CT molecular complexity index is 631. The number of rotatable bonds is 4. The molecule has 0 bridgehead atoms. The maximum absolute atomic E-state index is 12.6. The molecule has 0 aliphatic heterocycles. The SMILES string of the molecule is CC[C@@]1(C)CC[C@H]2C(=CC[C@H]3C(C)(C)C[C@@H](C(=O)CC(=O)O)C[C@@]23C)C1. The highest BCUT2D eigenvalue weighted by molar-refractivity contribution is 5.96. The van der Waals surface area contributed by atoms with Crippen LogP contribution in [-0.2, 0) is 9.59 Å². The molecule has 0 amide bonds. The molecule has 0 spiro atoms. The van der Waals surface area contributed by atoms with Crippen molar-refractivity contribution in [2.45, 2.75) is 86.0 Å². The van der Waals surface area contributed by atoms with Gasteiger partial charge in [0.05, 0.1) is 0 Å². The van der Waals surface area contributed by atoms with Crippen molar-refractivity contribution in [1.29, 1.82) is 0 Å². The quantitative estimate of drug-likeness (QED) is 0.522. The monoisotopic (exact) mass is 360 g/mol. The van der Waals surface area contributed by atoms with Gasteiger partial charge in [-0.3, -0.25) is 9.59 Å². The molecule has 0 unspecified atom stereocenters. The van der Waals surface area contributed by atoms with Gasteiger partial charge >= 0.3 is 5.97 Å². The van der Waals surface area contributed by atoms with Gasteiger partial charge in [0.1, 0.15) is 12.2 Å². The largest absolute Gasteiger partial charge is 0.481 e. The second-order valence-corrected chi connectivity index (χ2v) is 10.6. The second kappa shape index (κ2) is 6.49. The molecule has 3 aliphatic rings. The zero-order valence-electron chi connectivity index (χ0n) is 17.2. The van der Waals surface area contributed by atoms with E-state index < -0.39 is 5.97 Å². The van der Waals surface area contributed by atoms with Crippen LogP contribution in [0.3, 0.4) is 0 Å². The lowest BCUT2D eigenvalue weighted by molar-refractivity contribution is -0.145. The van der Waals surface area contributed by atoms with Crippen LogP contribution in [0, 0.1) is 34.0 Å². The van der Waals surface area contributed by atoms with E-state index in [0.717, 1.165) is 19.3 Å². The number of ketones is 1. The highest BCUT2D eigenvalue weighted by atomic mass is 16.4. The van der Waals surface area contributed by atoms with Gasteiger partial charge in [-0.1, -0.05) is 52.7 Å². The average molecular weight is 361 g/mol. The van der Waals surface area contributed by atoms with Gasteiger partial charge in [-0.05, 0) is 66.6 Å². The maximum atomic E-state index is 12.6. The minimum Gasteiger partial charge on any atom is -0.481 e. The number of carbonyl (C=O) groups excluding carboxylic acids is 1. The molecule has 3 heteroatoms. The van der Waals surface area contributed by atoms with Crippen LogP contribution in [0.4, 0.5) is 0 Å². The number of Topliss-reactive ketones (excluding diaryl/α,β-unsaturated/α-hetero) is 1. The Balaban J connectivity index is 1.91. The topological polar surface area (TPSA) is 54.4 Å². The summed E-state index contributed by atoms with van der Waals surface area (Å²) in [6.45, 7) is 11.7. The first-order chi connectivity index (χ1) is 12.0. The highest BCUT2D eigenvalue weighted by Gasteiger charge is 2.57. The van der Waals surface area contributed by atoms with Gasteiger partial charge in [-0.25, -0.2) is 0 Å². The van der Waals surface area contributed by atoms with Crippen LogP contribution in [0.5, 0.6) is 0 Å². The molecular weight excluding hydrogens is 324 g/mol. The number of carboxylic acid groups (broad SMARTS) is 1. The zero-order chi connectivity index (χ0) is 19.3. The fourth-order valence-corrected chi connectivity index (χ4v) is 6.83. The third kappa shape index (κ3) is 3.27. The first-order valence-electron chi connectivity index (χ1n) is 10.4. The van der Waals surface area contributed by atoms with Crippen LogP contribution in [-0.4, -0.2) is 16.9 Å². The van der Waals surface area contributed by atoms with Crippen molar-refractivity contribution in [2.24, 2.45) is 34.0 Å². The van der Waals surface area contributed by atoms with E-state index in [2.05, 4.69) is 40.7 Å². The Labute approximate surface area is 158 Å². The predicted octanol–water partition coefficient (Wildman–Crippen LogP) is 5.64. The molecule has 1 N–H and O–H groups in total. The fourth-order valence-electron chi connectivity index (χ4n) is 6.83. The van der Waals surface area contributed by atoms with E-state index >= 15 is 0 Å². The zero-order valence-corrected chi connectivity index (χ0v) is 17.2. The van der Waals surface area contributed by atoms with Gasteiger partial charge in [0.25, 0.3) is 0 Å². The normalized spacial score (nSPS) is 41.6. The van der Waals surface area contributed by atoms with Crippen molar-refractivity contribution in [1.82, 2.24) is 0 Å². The van der Waals surface area contributed by atoms with Crippen molar-refractivity contribution >= 4 is 11.8 Å². The molecule has 0 aromatic heterocycles. The molecule has 3 nitrogen and oxygen atoms in total. The lowest BCUT2D eigenvalue weighted by Crippen LogP contribution is -2.53. The summed E-state index contributed by atoms with van der Waals surface area (Å²) < 4.78 is 0. The third-order valence-corrected chi connectivity index (χ3v) is 8.36. The molecule has 0 aromatic carbocycles. The Morgan fingerprint density at radius 1 is 1.19 bits per heavy atom. The minimum absolute atomic E-state index is 0.0597. The van der Waals surface area contributed by atoms with E-state index in [1.54, 1.807) is 5.57 Å². The lowest BCUT2D eigenvalue weighted by atomic mass is 9.44. The first-order valence-corrected chi connectivity index (χ1v) is 10.4. The number of carbonyl (C=O) groups is 2. The highest BCUT2D eigenvalue weighted by Crippen LogP contribution is 2.64. The van der Waals surface area contributed by atoms with Crippen LogP contribution < -0.4 is 0 Å². The second-order valence-electron chi connectivity index (χ2n) is 10.6. The van der Waals surface area contributed by atoms with E-state index in [-0.39, 0.29) is 29.0 Å². The smallest absolute Gasteiger partial charge is 0.310 e. The van der Waals surface area contributed by atoms with Crippen molar-refractivity contribution in [2.75, 3.05) is 0 Å². The summed E-state index contributed by atoms with van der Waals surface area (Å²) in [5.41, 5.74) is 2.26. The Morgan fingerprint density at radius 3 is 2.50 bits per heavy atom. The summed E-state index contributed by atoms with van der Waals surface area (Å²) in [6.07, 6.45) is 9.96. The number of hydrogen-bond acceptors (Lipinski definition) is 2. The van der Waals surface area contributed by atoms with Crippen LogP contribution in [0.15, 0.2) is 11.6 Å². The number of carboxylic acids is 1. The van der Waals surface area contributed by atoms with Gasteiger partial charge in [0.2, 0.25) is 0 Å². The van der Waals surface area contributed by atoms with Crippen LogP contribution >= 0.6 is 0 Å². The number of fused-ring (bicyclic) bond motifs is 3. The molecule has 0 heterocycles. The average Bonchev–Trinajstić information content (AvgIpc) is 2.52. The third-order valence-electron chi connectivity index (χ3n) is 8.36.